The quantitative estimate of drug-likeness (QED) is 0.626. The van der Waals surface area contributed by atoms with E-state index < -0.39 is 0 Å². The number of ether oxygens (including phenoxy) is 1. The molecule has 1 rings (SSSR count). The SMILES string of the molecule is CC[C@H](C)CC(=O)N(C)C(CC(OC(C)=O)C1NC(C)=CS1)C(C)C. The first-order chi connectivity index (χ1) is 11.6. The predicted molar refractivity (Wildman–Crippen MR) is 104 cm³/mol. The average molecular weight is 371 g/mol. The van der Waals surface area contributed by atoms with E-state index >= 15 is 0 Å². The van der Waals surface area contributed by atoms with Crippen LogP contribution in [-0.2, 0) is 14.3 Å². The second-order valence-corrected chi connectivity index (χ2v) is 8.43. The molecule has 1 aliphatic heterocycles. The van der Waals surface area contributed by atoms with Crippen LogP contribution >= 0.6 is 11.8 Å². The number of thioether (sulfide) groups is 1. The van der Waals surface area contributed by atoms with Crippen LogP contribution in [0.3, 0.4) is 0 Å². The molecule has 0 saturated carbocycles. The Kier molecular flexibility index (Phi) is 8.83. The van der Waals surface area contributed by atoms with Crippen molar-refractivity contribution in [1.29, 1.82) is 0 Å². The van der Waals surface area contributed by atoms with Gasteiger partial charge in [-0.3, -0.25) is 9.59 Å². The lowest BCUT2D eigenvalue weighted by atomic mass is 9.95. The van der Waals surface area contributed by atoms with Crippen LogP contribution in [-0.4, -0.2) is 41.3 Å². The van der Waals surface area contributed by atoms with Crippen molar-refractivity contribution < 1.29 is 14.3 Å². The second-order valence-electron chi connectivity index (χ2n) is 7.42. The van der Waals surface area contributed by atoms with Gasteiger partial charge in [0.05, 0.1) is 0 Å². The van der Waals surface area contributed by atoms with E-state index in [1.807, 2.05) is 24.3 Å². The molecule has 144 valence electrons. The summed E-state index contributed by atoms with van der Waals surface area (Å²) in [5, 5.41) is 5.40. The van der Waals surface area contributed by atoms with Gasteiger partial charge >= 0.3 is 5.97 Å². The normalized spacial score (nSPS) is 20.5. The molecule has 0 aliphatic carbocycles. The van der Waals surface area contributed by atoms with Crippen LogP contribution in [0.5, 0.6) is 0 Å². The Balaban J connectivity index is 2.84. The summed E-state index contributed by atoms with van der Waals surface area (Å²) in [6.45, 7) is 11.9. The fraction of sp³-hybridized carbons (Fsp3) is 0.789. The van der Waals surface area contributed by atoms with Crippen molar-refractivity contribution in [3.8, 4) is 0 Å². The van der Waals surface area contributed by atoms with Crippen molar-refractivity contribution in [3.63, 3.8) is 0 Å². The van der Waals surface area contributed by atoms with Gasteiger partial charge in [0.1, 0.15) is 11.5 Å². The first-order valence-electron chi connectivity index (χ1n) is 9.17. The number of amides is 1. The molecule has 0 bridgehead atoms. The molecule has 6 heteroatoms. The van der Waals surface area contributed by atoms with Crippen LogP contribution in [0, 0.1) is 11.8 Å². The van der Waals surface area contributed by atoms with Gasteiger partial charge in [0.25, 0.3) is 0 Å². The Morgan fingerprint density at radius 3 is 2.44 bits per heavy atom. The number of hydrogen-bond donors (Lipinski definition) is 1. The van der Waals surface area contributed by atoms with Gasteiger partial charge in [-0.15, -0.1) is 11.8 Å². The Morgan fingerprint density at radius 1 is 1.36 bits per heavy atom. The third-order valence-corrected chi connectivity index (χ3v) is 5.97. The van der Waals surface area contributed by atoms with Gasteiger partial charge in [0, 0.05) is 38.6 Å². The summed E-state index contributed by atoms with van der Waals surface area (Å²) in [5.41, 5.74) is 1.08. The summed E-state index contributed by atoms with van der Waals surface area (Å²) in [6.07, 6.45) is 1.91. The fourth-order valence-corrected chi connectivity index (χ4v) is 4.00. The molecule has 5 nitrogen and oxygen atoms in total. The van der Waals surface area contributed by atoms with Gasteiger partial charge in [-0.1, -0.05) is 34.1 Å². The van der Waals surface area contributed by atoms with E-state index in [2.05, 4.69) is 33.0 Å². The fourth-order valence-electron chi connectivity index (χ4n) is 2.98. The van der Waals surface area contributed by atoms with E-state index in [1.54, 1.807) is 11.8 Å². The van der Waals surface area contributed by atoms with Crippen LogP contribution in [0.15, 0.2) is 11.1 Å². The molecule has 3 unspecified atom stereocenters. The molecule has 0 aromatic rings. The second kappa shape index (κ2) is 10.1. The van der Waals surface area contributed by atoms with Crippen molar-refractivity contribution in [1.82, 2.24) is 10.2 Å². The minimum Gasteiger partial charge on any atom is -0.459 e. The van der Waals surface area contributed by atoms with Gasteiger partial charge in [-0.25, -0.2) is 0 Å². The minimum atomic E-state index is -0.284. The van der Waals surface area contributed by atoms with Crippen molar-refractivity contribution in [3.05, 3.63) is 11.1 Å². The lowest BCUT2D eigenvalue weighted by Crippen LogP contribution is -2.47. The van der Waals surface area contributed by atoms with Crippen LogP contribution in [0.1, 0.15) is 60.8 Å². The first-order valence-corrected chi connectivity index (χ1v) is 10.1. The van der Waals surface area contributed by atoms with Crippen LogP contribution < -0.4 is 5.32 Å². The van der Waals surface area contributed by atoms with Crippen molar-refractivity contribution in [2.24, 2.45) is 11.8 Å². The summed E-state index contributed by atoms with van der Waals surface area (Å²) in [6, 6.07) is 0.0317. The Hall–Kier alpha value is -1.17. The standard InChI is InChI=1S/C19H34N2O3S/c1-8-13(4)9-18(23)21(7)16(12(2)3)10-17(24-15(6)22)19-20-14(5)11-25-19/h11-13,16-17,19-20H,8-10H2,1-7H3/t13-,16?,17?,19?/m0/s1. The monoisotopic (exact) mass is 370 g/mol. The molecule has 1 aliphatic rings. The van der Waals surface area contributed by atoms with E-state index in [4.69, 9.17) is 4.74 Å². The molecule has 0 aromatic heterocycles. The number of nitrogens with zero attached hydrogens (tertiary/aromatic N) is 1. The van der Waals surface area contributed by atoms with Gasteiger partial charge < -0.3 is 15.0 Å². The Bertz CT molecular complexity index is 493. The molecule has 0 fully saturated rings. The van der Waals surface area contributed by atoms with E-state index in [0.717, 1.165) is 12.1 Å². The molecule has 0 radical (unpaired) electrons. The number of allylic oxidation sites excluding steroid dienone is 1. The highest BCUT2D eigenvalue weighted by atomic mass is 32.2. The lowest BCUT2D eigenvalue weighted by Gasteiger charge is -2.36. The topological polar surface area (TPSA) is 58.6 Å². The molecule has 25 heavy (non-hydrogen) atoms. The third kappa shape index (κ3) is 6.92. The van der Waals surface area contributed by atoms with Gasteiger partial charge in [0.2, 0.25) is 5.91 Å². The largest absolute Gasteiger partial charge is 0.459 e. The maximum atomic E-state index is 12.6. The molecule has 1 heterocycles. The smallest absolute Gasteiger partial charge is 0.303 e. The highest BCUT2D eigenvalue weighted by Crippen LogP contribution is 2.29. The van der Waals surface area contributed by atoms with Gasteiger partial charge in [0.15, 0.2) is 0 Å². The summed E-state index contributed by atoms with van der Waals surface area (Å²) in [5.74, 6) is 0.541. The molecule has 4 atom stereocenters. The molecule has 0 aromatic carbocycles. The molecule has 0 spiro atoms. The summed E-state index contributed by atoms with van der Waals surface area (Å²) in [4.78, 5) is 26.1. The Labute approximate surface area is 156 Å². The van der Waals surface area contributed by atoms with Crippen LogP contribution in [0.2, 0.25) is 0 Å². The predicted octanol–water partition coefficient (Wildman–Crippen LogP) is 3.75. The maximum Gasteiger partial charge on any atom is 0.303 e. The zero-order chi connectivity index (χ0) is 19.1. The number of nitrogens with one attached hydrogen (secondary N) is 1. The molecule has 1 amide bonds. The molecular weight excluding hydrogens is 336 g/mol. The highest BCUT2D eigenvalue weighted by molar-refractivity contribution is 8.03. The zero-order valence-electron chi connectivity index (χ0n) is 16.7. The molecule has 1 N–H and O–H groups in total. The lowest BCUT2D eigenvalue weighted by molar-refractivity contribution is -0.148. The van der Waals surface area contributed by atoms with Crippen molar-refractivity contribution in [2.75, 3.05) is 7.05 Å². The van der Waals surface area contributed by atoms with E-state index in [-0.39, 0.29) is 35.3 Å². The first kappa shape index (κ1) is 21.9. The number of carbonyl (C=O) groups excluding carboxylic acids is 2. The van der Waals surface area contributed by atoms with Gasteiger partial charge in [-0.05, 0) is 24.2 Å². The van der Waals surface area contributed by atoms with E-state index in [9.17, 15) is 9.59 Å². The number of esters is 1. The zero-order valence-corrected chi connectivity index (χ0v) is 17.5. The third-order valence-electron chi connectivity index (χ3n) is 4.77. The minimum absolute atomic E-state index is 0.00298. The highest BCUT2D eigenvalue weighted by Gasteiger charge is 2.34. The Morgan fingerprint density at radius 2 is 2.00 bits per heavy atom. The average Bonchev–Trinajstić information content (AvgIpc) is 2.96. The summed E-state index contributed by atoms with van der Waals surface area (Å²) >= 11 is 1.63. The van der Waals surface area contributed by atoms with Gasteiger partial charge in [-0.2, -0.15) is 0 Å². The number of hydrogen-bond acceptors (Lipinski definition) is 5. The van der Waals surface area contributed by atoms with Crippen LogP contribution in [0.4, 0.5) is 0 Å². The van der Waals surface area contributed by atoms with Crippen LogP contribution in [0.25, 0.3) is 0 Å². The van der Waals surface area contributed by atoms with Crippen molar-refractivity contribution in [2.45, 2.75) is 78.3 Å². The van der Waals surface area contributed by atoms with E-state index in [1.165, 1.54) is 6.92 Å². The van der Waals surface area contributed by atoms with E-state index in [0.29, 0.717) is 18.8 Å². The number of rotatable bonds is 9. The molecule has 0 saturated heterocycles. The maximum absolute atomic E-state index is 12.6. The summed E-state index contributed by atoms with van der Waals surface area (Å²) < 4.78 is 5.60. The number of carbonyl (C=O) groups is 2. The summed E-state index contributed by atoms with van der Waals surface area (Å²) in [7, 11) is 1.87. The molecular formula is C19H34N2O3S. The van der Waals surface area contributed by atoms with Crippen molar-refractivity contribution >= 4 is 23.6 Å².